The predicted molar refractivity (Wildman–Crippen MR) is 77.8 cm³/mol. The first-order valence-corrected chi connectivity index (χ1v) is 7.10. The van der Waals surface area contributed by atoms with E-state index in [-0.39, 0.29) is 0 Å². The van der Waals surface area contributed by atoms with Gasteiger partial charge < -0.3 is 14.6 Å². The molecule has 0 spiro atoms. The second-order valence-electron chi connectivity index (χ2n) is 5.37. The molecule has 0 aliphatic carbocycles. The van der Waals surface area contributed by atoms with Crippen LogP contribution < -0.4 is 10.2 Å². The molecule has 1 N–H and O–H groups in total. The maximum Gasteiger partial charge on any atom is 0.180 e. The highest BCUT2D eigenvalue weighted by Crippen LogP contribution is 2.26. The first kappa shape index (κ1) is 12.3. The number of hydrogen-bond donors (Lipinski definition) is 1. The van der Waals surface area contributed by atoms with Gasteiger partial charge >= 0.3 is 0 Å². The normalized spacial score (nSPS) is 19.3. The van der Waals surface area contributed by atoms with E-state index in [1.807, 2.05) is 18.6 Å². The molecular formula is C14H21N5. The third-order valence-electron chi connectivity index (χ3n) is 3.64. The van der Waals surface area contributed by atoms with E-state index < -0.39 is 0 Å². The summed E-state index contributed by atoms with van der Waals surface area (Å²) in [7, 11) is 0. The van der Waals surface area contributed by atoms with Gasteiger partial charge in [-0.1, -0.05) is 13.8 Å². The summed E-state index contributed by atoms with van der Waals surface area (Å²) in [5, 5.41) is 3.36. The van der Waals surface area contributed by atoms with Gasteiger partial charge in [-0.2, -0.15) is 0 Å². The van der Waals surface area contributed by atoms with Gasteiger partial charge in [0.1, 0.15) is 5.82 Å². The van der Waals surface area contributed by atoms with Gasteiger partial charge in [-0.3, -0.25) is 0 Å². The highest BCUT2D eigenvalue weighted by Gasteiger charge is 2.23. The molecule has 5 nitrogen and oxygen atoms in total. The molecule has 3 rings (SSSR count). The summed E-state index contributed by atoms with van der Waals surface area (Å²) in [5.41, 5.74) is 0.955. The highest BCUT2D eigenvalue weighted by molar-refractivity contribution is 5.67. The Hall–Kier alpha value is -1.78. The number of anilines is 2. The summed E-state index contributed by atoms with van der Waals surface area (Å²) in [6.45, 7) is 7.55. The van der Waals surface area contributed by atoms with Crippen molar-refractivity contribution < 1.29 is 0 Å². The molecule has 0 bridgehead atoms. The average Bonchev–Trinajstić information content (AvgIpc) is 3.03. The molecule has 1 atom stereocenters. The number of rotatable bonds is 4. The molecule has 2 aromatic heterocycles. The highest BCUT2D eigenvalue weighted by atomic mass is 15.3. The van der Waals surface area contributed by atoms with Crippen LogP contribution in [-0.4, -0.2) is 34.0 Å². The van der Waals surface area contributed by atoms with Crippen LogP contribution in [0.4, 0.5) is 11.6 Å². The van der Waals surface area contributed by atoms with Crippen LogP contribution in [0.2, 0.25) is 0 Å². The van der Waals surface area contributed by atoms with Crippen LogP contribution >= 0.6 is 0 Å². The minimum absolute atomic E-state index is 0.740. The van der Waals surface area contributed by atoms with Gasteiger partial charge in [0.05, 0.1) is 6.20 Å². The first-order chi connectivity index (χ1) is 9.28. The number of hydrogen-bond acceptors (Lipinski definition) is 4. The lowest BCUT2D eigenvalue weighted by Crippen LogP contribution is -2.22. The molecule has 19 heavy (non-hydrogen) atoms. The summed E-state index contributed by atoms with van der Waals surface area (Å²) >= 11 is 0. The van der Waals surface area contributed by atoms with Gasteiger partial charge in [0, 0.05) is 32.0 Å². The largest absolute Gasteiger partial charge is 0.369 e. The molecule has 3 heterocycles. The topological polar surface area (TPSA) is 45.5 Å². The quantitative estimate of drug-likeness (QED) is 0.915. The molecule has 1 fully saturated rings. The minimum atomic E-state index is 0.740. The van der Waals surface area contributed by atoms with E-state index in [2.05, 4.69) is 33.4 Å². The lowest BCUT2D eigenvalue weighted by Gasteiger charge is -2.19. The first-order valence-electron chi connectivity index (χ1n) is 7.10. The molecule has 1 aliphatic heterocycles. The molecule has 0 amide bonds. The number of aromatic nitrogens is 3. The summed E-state index contributed by atoms with van der Waals surface area (Å²) in [6.07, 6.45) is 8.17. The Morgan fingerprint density at radius 1 is 1.47 bits per heavy atom. The Labute approximate surface area is 113 Å². The van der Waals surface area contributed by atoms with Crippen molar-refractivity contribution in [2.45, 2.75) is 26.7 Å². The fourth-order valence-electron chi connectivity index (χ4n) is 2.59. The lowest BCUT2D eigenvalue weighted by molar-refractivity contribution is 0.659. The minimum Gasteiger partial charge on any atom is -0.369 e. The van der Waals surface area contributed by atoms with Gasteiger partial charge in [0.15, 0.2) is 11.5 Å². The second-order valence-corrected chi connectivity index (χ2v) is 5.37. The van der Waals surface area contributed by atoms with E-state index in [4.69, 9.17) is 4.98 Å². The third kappa shape index (κ3) is 2.37. The zero-order valence-electron chi connectivity index (χ0n) is 11.6. The fourth-order valence-corrected chi connectivity index (χ4v) is 2.59. The van der Waals surface area contributed by atoms with Crippen LogP contribution in [0.25, 0.3) is 5.65 Å². The van der Waals surface area contributed by atoms with Crippen molar-refractivity contribution >= 4 is 17.3 Å². The van der Waals surface area contributed by atoms with Crippen LogP contribution in [0.15, 0.2) is 18.6 Å². The van der Waals surface area contributed by atoms with Crippen molar-refractivity contribution in [2.24, 2.45) is 5.92 Å². The molecule has 5 heteroatoms. The van der Waals surface area contributed by atoms with E-state index in [0.29, 0.717) is 0 Å². The Balaban J connectivity index is 1.98. The molecular weight excluding hydrogens is 238 g/mol. The van der Waals surface area contributed by atoms with E-state index >= 15 is 0 Å². The monoisotopic (exact) mass is 259 g/mol. The van der Waals surface area contributed by atoms with Crippen LogP contribution in [-0.2, 0) is 0 Å². The molecule has 2 aromatic rings. The molecule has 0 saturated carbocycles. The van der Waals surface area contributed by atoms with Gasteiger partial charge in [-0.15, -0.1) is 0 Å². The smallest absolute Gasteiger partial charge is 0.180 e. The van der Waals surface area contributed by atoms with E-state index in [0.717, 1.165) is 49.3 Å². The van der Waals surface area contributed by atoms with Crippen molar-refractivity contribution in [1.82, 2.24) is 14.4 Å². The Kier molecular flexibility index (Phi) is 3.27. The Morgan fingerprint density at radius 3 is 3.11 bits per heavy atom. The second kappa shape index (κ2) is 5.07. The van der Waals surface area contributed by atoms with Crippen molar-refractivity contribution in [3.05, 3.63) is 18.6 Å². The lowest BCUT2D eigenvalue weighted by atomic mass is 10.2. The number of imidazole rings is 1. The molecule has 1 aliphatic rings. The SMILES string of the molecule is CCCNc1cn2ccnc2c(N2CCC(C)C2)n1. The van der Waals surface area contributed by atoms with E-state index in [1.54, 1.807) is 0 Å². The van der Waals surface area contributed by atoms with Crippen molar-refractivity contribution in [3.63, 3.8) is 0 Å². The summed E-state index contributed by atoms with van der Waals surface area (Å²) in [5.74, 6) is 2.68. The van der Waals surface area contributed by atoms with Crippen LogP contribution in [0, 0.1) is 5.92 Å². The third-order valence-corrected chi connectivity index (χ3v) is 3.64. The maximum absolute atomic E-state index is 4.76. The van der Waals surface area contributed by atoms with Gasteiger partial charge in [-0.05, 0) is 18.8 Å². The van der Waals surface area contributed by atoms with E-state index in [1.165, 1.54) is 6.42 Å². The van der Waals surface area contributed by atoms with E-state index in [9.17, 15) is 0 Å². The number of nitrogens with one attached hydrogen (secondary N) is 1. The number of nitrogens with zero attached hydrogens (tertiary/aromatic N) is 4. The van der Waals surface area contributed by atoms with Crippen molar-refractivity contribution in [3.8, 4) is 0 Å². The molecule has 0 radical (unpaired) electrons. The van der Waals surface area contributed by atoms with Gasteiger partial charge in [0.2, 0.25) is 0 Å². The summed E-state index contributed by atoms with van der Waals surface area (Å²) < 4.78 is 2.06. The molecule has 0 aromatic carbocycles. The fraction of sp³-hybridized carbons (Fsp3) is 0.571. The van der Waals surface area contributed by atoms with Crippen molar-refractivity contribution in [2.75, 3.05) is 29.9 Å². The summed E-state index contributed by atoms with van der Waals surface area (Å²) in [4.78, 5) is 11.6. The summed E-state index contributed by atoms with van der Waals surface area (Å²) in [6, 6.07) is 0. The zero-order valence-corrected chi connectivity index (χ0v) is 11.6. The van der Waals surface area contributed by atoms with Crippen molar-refractivity contribution in [1.29, 1.82) is 0 Å². The maximum atomic E-state index is 4.76. The Morgan fingerprint density at radius 2 is 2.37 bits per heavy atom. The average molecular weight is 259 g/mol. The molecule has 1 unspecified atom stereocenters. The van der Waals surface area contributed by atoms with Crippen LogP contribution in [0.3, 0.4) is 0 Å². The molecule has 102 valence electrons. The predicted octanol–water partition coefficient (Wildman–Crippen LogP) is 2.40. The van der Waals surface area contributed by atoms with Crippen LogP contribution in [0.5, 0.6) is 0 Å². The zero-order chi connectivity index (χ0) is 13.2. The Bertz CT molecular complexity index is 562. The van der Waals surface area contributed by atoms with Gasteiger partial charge in [-0.25, -0.2) is 9.97 Å². The standard InChI is InChI=1S/C14H21N5/c1-3-5-15-12-10-19-8-6-16-13(19)14(17-12)18-7-4-11(2)9-18/h6,8,10-11,15H,3-5,7,9H2,1-2H3. The van der Waals surface area contributed by atoms with Crippen LogP contribution in [0.1, 0.15) is 26.7 Å². The number of fused-ring (bicyclic) bond motifs is 1. The van der Waals surface area contributed by atoms with Gasteiger partial charge in [0.25, 0.3) is 0 Å². The molecule has 1 saturated heterocycles.